The van der Waals surface area contributed by atoms with Crippen LogP contribution in [0.3, 0.4) is 0 Å². The zero-order valence-corrected chi connectivity index (χ0v) is 15.5. The molecule has 0 aromatic carbocycles. The molecule has 0 unspecified atom stereocenters. The molecule has 3 atom stereocenters. The third-order valence-electron chi connectivity index (χ3n) is 4.94. The minimum atomic E-state index is -0.451. The molecule has 1 aromatic rings. The van der Waals surface area contributed by atoms with Crippen molar-refractivity contribution in [3.05, 3.63) is 34.2 Å². The molecule has 0 aliphatic carbocycles. The third-order valence-corrected chi connectivity index (χ3v) is 5.65. The van der Waals surface area contributed by atoms with Gasteiger partial charge in [-0.1, -0.05) is 0 Å². The first kappa shape index (κ1) is 18.4. The number of allylic oxidation sites excluding steroid dienone is 1. The standard InChI is InChI=1S/C19H27NO4S/c1-2-23-19-15(6-5-10-21)16(14-7-11-25-13-14)12-17(24-19)18(22)20-8-3-4-9-20/h7,11-13,15-16,19,21H,2-6,8-10H2,1H3/t15-,16+,19+/m1/s1. The molecule has 0 spiro atoms. The Morgan fingerprint density at radius 2 is 2.24 bits per heavy atom. The molecule has 1 aromatic heterocycles. The predicted octanol–water partition coefficient (Wildman–Crippen LogP) is 3.12. The van der Waals surface area contributed by atoms with E-state index < -0.39 is 6.29 Å². The van der Waals surface area contributed by atoms with Crippen molar-refractivity contribution in [3.63, 3.8) is 0 Å². The van der Waals surface area contributed by atoms with E-state index in [1.807, 2.05) is 17.9 Å². The van der Waals surface area contributed by atoms with Gasteiger partial charge < -0.3 is 19.5 Å². The summed E-state index contributed by atoms with van der Waals surface area (Å²) in [5, 5.41) is 13.4. The average molecular weight is 365 g/mol. The van der Waals surface area contributed by atoms with Crippen molar-refractivity contribution >= 4 is 17.2 Å². The zero-order valence-electron chi connectivity index (χ0n) is 14.7. The lowest BCUT2D eigenvalue weighted by Gasteiger charge is -2.37. The monoisotopic (exact) mass is 365 g/mol. The molecule has 6 heteroatoms. The largest absolute Gasteiger partial charge is 0.459 e. The molecule has 1 N–H and O–H groups in total. The summed E-state index contributed by atoms with van der Waals surface area (Å²) in [5.41, 5.74) is 1.19. The van der Waals surface area contributed by atoms with Crippen LogP contribution in [0.25, 0.3) is 0 Å². The first-order valence-electron chi connectivity index (χ1n) is 9.17. The van der Waals surface area contributed by atoms with Crippen LogP contribution >= 0.6 is 11.3 Å². The number of carbonyl (C=O) groups is 1. The van der Waals surface area contributed by atoms with Gasteiger partial charge in [0.05, 0.1) is 0 Å². The molecule has 3 heterocycles. The van der Waals surface area contributed by atoms with Gasteiger partial charge in [0.2, 0.25) is 6.29 Å². The Kier molecular flexibility index (Phi) is 6.51. The van der Waals surface area contributed by atoms with Crippen LogP contribution in [0, 0.1) is 5.92 Å². The second-order valence-electron chi connectivity index (χ2n) is 6.58. The molecule has 25 heavy (non-hydrogen) atoms. The molecule has 138 valence electrons. The fourth-order valence-corrected chi connectivity index (χ4v) is 4.39. The van der Waals surface area contributed by atoms with Crippen molar-refractivity contribution in [1.29, 1.82) is 0 Å². The zero-order chi connectivity index (χ0) is 17.6. The fourth-order valence-electron chi connectivity index (χ4n) is 3.68. The minimum Gasteiger partial charge on any atom is -0.459 e. The highest BCUT2D eigenvalue weighted by molar-refractivity contribution is 7.08. The van der Waals surface area contributed by atoms with Gasteiger partial charge in [-0.15, -0.1) is 0 Å². The highest BCUT2D eigenvalue weighted by Gasteiger charge is 2.39. The van der Waals surface area contributed by atoms with Gasteiger partial charge in [0.15, 0.2) is 5.76 Å². The third kappa shape index (κ3) is 4.25. The van der Waals surface area contributed by atoms with Gasteiger partial charge in [-0.25, -0.2) is 0 Å². The van der Waals surface area contributed by atoms with Crippen molar-refractivity contribution in [3.8, 4) is 0 Å². The quantitative estimate of drug-likeness (QED) is 0.807. The van der Waals surface area contributed by atoms with E-state index in [9.17, 15) is 9.90 Å². The second kappa shape index (κ2) is 8.83. The van der Waals surface area contributed by atoms with E-state index in [0.29, 0.717) is 18.8 Å². The lowest BCUT2D eigenvalue weighted by atomic mass is 9.81. The molecular formula is C19H27NO4S. The van der Waals surface area contributed by atoms with Crippen LogP contribution in [0.4, 0.5) is 0 Å². The van der Waals surface area contributed by atoms with Gasteiger partial charge in [0.1, 0.15) is 0 Å². The number of amides is 1. The number of hydrogen-bond donors (Lipinski definition) is 1. The molecule has 2 aliphatic rings. The van der Waals surface area contributed by atoms with Crippen molar-refractivity contribution in [2.24, 2.45) is 5.92 Å². The number of hydrogen-bond acceptors (Lipinski definition) is 5. The number of rotatable bonds is 7. The molecule has 1 fully saturated rings. The summed E-state index contributed by atoms with van der Waals surface area (Å²) in [6.07, 6.45) is 5.13. The van der Waals surface area contributed by atoms with Crippen LogP contribution in [0.2, 0.25) is 0 Å². The maximum absolute atomic E-state index is 12.8. The van der Waals surface area contributed by atoms with E-state index in [1.54, 1.807) is 11.3 Å². The molecule has 1 saturated heterocycles. The van der Waals surface area contributed by atoms with Crippen LogP contribution < -0.4 is 0 Å². The van der Waals surface area contributed by atoms with Gasteiger partial charge in [0, 0.05) is 38.1 Å². The van der Waals surface area contributed by atoms with Gasteiger partial charge in [-0.3, -0.25) is 4.79 Å². The summed E-state index contributed by atoms with van der Waals surface area (Å²) in [5.74, 6) is 0.557. The number of aliphatic hydroxyl groups is 1. The van der Waals surface area contributed by atoms with Crippen LogP contribution in [0.15, 0.2) is 28.7 Å². The number of nitrogens with zero attached hydrogens (tertiary/aromatic N) is 1. The maximum atomic E-state index is 12.8. The van der Waals surface area contributed by atoms with Crippen LogP contribution in [-0.2, 0) is 14.3 Å². The predicted molar refractivity (Wildman–Crippen MR) is 97.3 cm³/mol. The maximum Gasteiger partial charge on any atom is 0.288 e. The molecule has 0 bridgehead atoms. The summed E-state index contributed by atoms with van der Waals surface area (Å²) < 4.78 is 11.9. The van der Waals surface area contributed by atoms with Crippen molar-refractivity contribution in [2.75, 3.05) is 26.3 Å². The number of likely N-dealkylation sites (tertiary alicyclic amines) is 1. The molecule has 5 nitrogen and oxygen atoms in total. The first-order valence-corrected chi connectivity index (χ1v) is 10.1. The van der Waals surface area contributed by atoms with Crippen LogP contribution in [0.1, 0.15) is 44.1 Å². The molecule has 0 saturated carbocycles. The fraction of sp³-hybridized carbons (Fsp3) is 0.632. The highest BCUT2D eigenvalue weighted by Crippen LogP contribution is 2.40. The van der Waals surface area contributed by atoms with Crippen LogP contribution in [-0.4, -0.2) is 48.5 Å². The minimum absolute atomic E-state index is 0.0250. The average Bonchev–Trinajstić information content (AvgIpc) is 3.33. The molecule has 3 rings (SSSR count). The highest BCUT2D eigenvalue weighted by atomic mass is 32.1. The smallest absolute Gasteiger partial charge is 0.288 e. The van der Waals surface area contributed by atoms with Gasteiger partial charge in [-0.2, -0.15) is 11.3 Å². The molecule has 0 radical (unpaired) electrons. The Labute approximate surface area is 153 Å². The topological polar surface area (TPSA) is 59.0 Å². The Morgan fingerprint density at radius 1 is 1.44 bits per heavy atom. The Bertz CT molecular complexity index is 580. The lowest BCUT2D eigenvalue weighted by Crippen LogP contribution is -2.39. The van der Waals surface area contributed by atoms with E-state index in [-0.39, 0.29) is 24.3 Å². The summed E-state index contributed by atoms with van der Waals surface area (Å²) in [6, 6.07) is 2.10. The summed E-state index contributed by atoms with van der Waals surface area (Å²) in [6.45, 7) is 4.22. The molecular weight excluding hydrogens is 338 g/mol. The van der Waals surface area contributed by atoms with E-state index in [2.05, 4.69) is 16.8 Å². The number of thiophene rings is 1. The number of aliphatic hydroxyl groups excluding tert-OH is 1. The summed E-state index contributed by atoms with van der Waals surface area (Å²) in [7, 11) is 0. The van der Waals surface area contributed by atoms with Crippen LogP contribution in [0.5, 0.6) is 0 Å². The van der Waals surface area contributed by atoms with E-state index in [0.717, 1.165) is 32.4 Å². The Balaban J connectivity index is 1.88. The van der Waals surface area contributed by atoms with Crippen molar-refractivity contribution in [2.45, 2.75) is 44.8 Å². The SMILES string of the molecule is CCO[C@H]1OC(C(=O)N2CCCC2)=C[C@@H](c2ccsc2)[C@H]1CCCO. The summed E-state index contributed by atoms with van der Waals surface area (Å²) in [4.78, 5) is 14.7. The van der Waals surface area contributed by atoms with E-state index >= 15 is 0 Å². The van der Waals surface area contributed by atoms with Gasteiger partial charge >= 0.3 is 0 Å². The summed E-state index contributed by atoms with van der Waals surface area (Å²) >= 11 is 1.65. The normalized spacial score (nSPS) is 26.4. The van der Waals surface area contributed by atoms with Gasteiger partial charge in [-0.05, 0) is 61.1 Å². The Hall–Kier alpha value is -1.37. The van der Waals surface area contributed by atoms with Crippen molar-refractivity contribution < 1.29 is 19.4 Å². The first-order chi connectivity index (χ1) is 12.2. The van der Waals surface area contributed by atoms with Gasteiger partial charge in [0.25, 0.3) is 5.91 Å². The Morgan fingerprint density at radius 3 is 2.88 bits per heavy atom. The molecule has 2 aliphatic heterocycles. The van der Waals surface area contributed by atoms with E-state index in [4.69, 9.17) is 9.47 Å². The molecule has 1 amide bonds. The number of carbonyl (C=O) groups excluding carboxylic acids is 1. The lowest BCUT2D eigenvalue weighted by molar-refractivity contribution is -0.170. The second-order valence-corrected chi connectivity index (χ2v) is 7.36. The number of ether oxygens (including phenoxy) is 2. The van der Waals surface area contributed by atoms with E-state index in [1.165, 1.54) is 5.56 Å². The van der Waals surface area contributed by atoms with Crippen molar-refractivity contribution in [1.82, 2.24) is 4.90 Å².